The number of hydrogen-bond donors (Lipinski definition) is 0. The first kappa shape index (κ1) is 12.0. The zero-order valence-electron chi connectivity index (χ0n) is 7.93. The van der Waals surface area contributed by atoms with Crippen molar-refractivity contribution in [2.24, 2.45) is 0 Å². The Kier molecular flexibility index (Phi) is 4.00. The molecule has 3 heterocycles. The van der Waals surface area contributed by atoms with Crippen LogP contribution in [0.1, 0.15) is 6.42 Å². The van der Waals surface area contributed by atoms with Crippen LogP contribution in [0.4, 0.5) is 0 Å². The summed E-state index contributed by atoms with van der Waals surface area (Å²) in [6.07, 6.45) is 2.14. The lowest BCUT2D eigenvalue weighted by atomic mass is 10.5. The van der Waals surface area contributed by atoms with Gasteiger partial charge in [0, 0.05) is 10.7 Å². The van der Waals surface area contributed by atoms with Gasteiger partial charge in [-0.25, -0.2) is 0 Å². The normalized spacial score (nSPS) is 29.4. The molecule has 0 fully saturated rings. The fourth-order valence-corrected chi connectivity index (χ4v) is 9.62. The van der Waals surface area contributed by atoms with E-state index in [9.17, 15) is 4.79 Å². The summed E-state index contributed by atoms with van der Waals surface area (Å²) >= 11 is 7.07. The molecule has 0 radical (unpaired) electrons. The first-order chi connectivity index (χ1) is 7.86. The molecule has 0 atom stereocenters. The predicted molar refractivity (Wildman–Crippen MR) is 83.2 cm³/mol. The van der Waals surface area contributed by atoms with E-state index in [4.69, 9.17) is 0 Å². The molecule has 0 unspecified atom stereocenters. The molecule has 0 N–H and O–H groups in total. The van der Waals surface area contributed by atoms with Crippen LogP contribution in [-0.2, 0) is 4.79 Å². The Bertz CT molecular complexity index is 415. The lowest BCUT2D eigenvalue weighted by Gasteiger charge is -2.08. The molecule has 3 aliphatic heterocycles. The third kappa shape index (κ3) is 2.40. The zero-order valence-corrected chi connectivity index (χ0v) is 12.8. The van der Waals surface area contributed by atoms with Crippen LogP contribution >= 0.6 is 68.6 Å². The van der Waals surface area contributed by atoms with E-state index in [0.717, 1.165) is 11.2 Å². The molecule has 3 aliphatic rings. The monoisotopic (exact) mass is 322 g/mol. The predicted octanol–water partition coefficient (Wildman–Crippen LogP) is 5.07. The van der Waals surface area contributed by atoms with E-state index >= 15 is 0 Å². The number of carbonyl (C=O) groups is 1. The van der Waals surface area contributed by atoms with Crippen molar-refractivity contribution in [2.45, 2.75) is 6.42 Å². The lowest BCUT2D eigenvalue weighted by molar-refractivity contribution is -0.104. The molecule has 0 aromatic carbocycles. The minimum atomic E-state index is 0.834. The molecule has 0 aliphatic carbocycles. The maximum atomic E-state index is 10.7. The minimum absolute atomic E-state index is 0.834. The van der Waals surface area contributed by atoms with Crippen molar-refractivity contribution >= 4 is 74.9 Å². The Morgan fingerprint density at radius 2 is 2.06 bits per heavy atom. The van der Waals surface area contributed by atoms with Gasteiger partial charge >= 0.3 is 0 Å². The standard InChI is InChI=1S/C9H6OS6/c10-3-5-4-11-8(13-5)9-14-6-1-2-12-16-7(6)15-9/h3-4H,1-2H2/b9-8+. The number of rotatable bonds is 1. The van der Waals surface area contributed by atoms with Gasteiger partial charge in [0.05, 0.1) is 17.6 Å². The molecule has 16 heavy (non-hydrogen) atoms. The molecule has 0 bridgehead atoms. The number of hydrogen-bond acceptors (Lipinski definition) is 7. The summed E-state index contributed by atoms with van der Waals surface area (Å²) in [4.78, 5) is 13.0. The molecule has 3 rings (SSSR count). The second-order valence-electron chi connectivity index (χ2n) is 3.00. The molecule has 0 spiro atoms. The maximum Gasteiger partial charge on any atom is 0.157 e. The van der Waals surface area contributed by atoms with E-state index in [1.807, 2.05) is 50.5 Å². The Morgan fingerprint density at radius 3 is 2.81 bits per heavy atom. The summed E-state index contributed by atoms with van der Waals surface area (Å²) in [6.45, 7) is 0. The van der Waals surface area contributed by atoms with Crippen LogP contribution in [0.25, 0.3) is 0 Å². The fraction of sp³-hybridized carbons (Fsp3) is 0.222. The molecule has 1 nitrogen and oxygen atoms in total. The van der Waals surface area contributed by atoms with Gasteiger partial charge < -0.3 is 0 Å². The van der Waals surface area contributed by atoms with Crippen molar-refractivity contribution in [3.05, 3.63) is 27.9 Å². The van der Waals surface area contributed by atoms with E-state index in [-0.39, 0.29) is 0 Å². The van der Waals surface area contributed by atoms with Crippen LogP contribution in [-0.4, -0.2) is 12.0 Å². The van der Waals surface area contributed by atoms with E-state index in [2.05, 4.69) is 0 Å². The summed E-state index contributed by atoms with van der Waals surface area (Å²) in [5.74, 6) is 1.22. The van der Waals surface area contributed by atoms with Crippen LogP contribution in [0.5, 0.6) is 0 Å². The number of allylic oxidation sites excluding steroid dienone is 2. The number of aldehydes is 1. The highest BCUT2D eigenvalue weighted by molar-refractivity contribution is 8.80. The van der Waals surface area contributed by atoms with Gasteiger partial charge in [-0.1, -0.05) is 57.8 Å². The third-order valence-electron chi connectivity index (χ3n) is 1.95. The highest BCUT2D eigenvalue weighted by atomic mass is 33.1. The molecule has 0 saturated carbocycles. The highest BCUT2D eigenvalue weighted by Gasteiger charge is 2.28. The lowest BCUT2D eigenvalue weighted by Crippen LogP contribution is -1.84. The van der Waals surface area contributed by atoms with Gasteiger partial charge in [0.1, 0.15) is 0 Å². The summed E-state index contributed by atoms with van der Waals surface area (Å²) < 4.78 is 4.10. The van der Waals surface area contributed by atoms with E-state index in [0.29, 0.717) is 0 Å². The number of carbonyl (C=O) groups excluding carboxylic acids is 1. The van der Waals surface area contributed by atoms with Gasteiger partial charge in [-0.2, -0.15) is 0 Å². The molecule has 0 aromatic heterocycles. The summed E-state index contributed by atoms with van der Waals surface area (Å²) in [6, 6.07) is 0. The van der Waals surface area contributed by atoms with Gasteiger partial charge in [-0.3, -0.25) is 4.79 Å². The van der Waals surface area contributed by atoms with Crippen molar-refractivity contribution in [1.82, 2.24) is 0 Å². The molecule has 0 amide bonds. The molecule has 0 saturated heterocycles. The zero-order chi connectivity index (χ0) is 11.0. The quantitative estimate of drug-likeness (QED) is 0.489. The molecule has 84 valence electrons. The van der Waals surface area contributed by atoms with Crippen LogP contribution in [0.3, 0.4) is 0 Å². The van der Waals surface area contributed by atoms with Crippen LogP contribution in [0, 0.1) is 0 Å². The average Bonchev–Trinajstić information content (AvgIpc) is 2.95. The van der Waals surface area contributed by atoms with Crippen molar-refractivity contribution in [1.29, 1.82) is 0 Å². The average molecular weight is 323 g/mol. The van der Waals surface area contributed by atoms with Gasteiger partial charge in [-0.05, 0) is 22.6 Å². The van der Waals surface area contributed by atoms with Crippen LogP contribution in [0.15, 0.2) is 27.9 Å². The second-order valence-corrected chi connectivity index (χ2v) is 10.3. The Labute approximate surface area is 119 Å². The fourth-order valence-electron chi connectivity index (χ4n) is 1.25. The van der Waals surface area contributed by atoms with Crippen molar-refractivity contribution in [2.75, 3.05) is 5.75 Å². The molecule has 0 aromatic rings. The van der Waals surface area contributed by atoms with Gasteiger partial charge in [0.25, 0.3) is 0 Å². The van der Waals surface area contributed by atoms with Crippen LogP contribution in [0.2, 0.25) is 0 Å². The van der Waals surface area contributed by atoms with E-state index < -0.39 is 0 Å². The molecular formula is C9H6OS6. The number of thioether (sulfide) groups is 4. The third-order valence-corrected chi connectivity index (χ3v) is 10.5. The van der Waals surface area contributed by atoms with Crippen molar-refractivity contribution < 1.29 is 4.79 Å². The Hall–Kier alpha value is 0.990. The van der Waals surface area contributed by atoms with E-state index in [1.165, 1.54) is 29.8 Å². The van der Waals surface area contributed by atoms with Crippen molar-refractivity contribution in [3.63, 3.8) is 0 Å². The molecular weight excluding hydrogens is 316 g/mol. The minimum Gasteiger partial charge on any atom is -0.297 e. The van der Waals surface area contributed by atoms with Gasteiger partial charge in [0.15, 0.2) is 6.29 Å². The molecule has 7 heteroatoms. The first-order valence-corrected chi connectivity index (χ1v) is 10.1. The largest absolute Gasteiger partial charge is 0.297 e. The topological polar surface area (TPSA) is 17.1 Å². The first-order valence-electron chi connectivity index (χ1n) is 4.49. The SMILES string of the molecule is O=CC1=CS/C(=C2/SC3=C(SSCC3)S2)S1. The summed E-state index contributed by atoms with van der Waals surface area (Å²) in [5, 5.41) is 1.94. The smallest absolute Gasteiger partial charge is 0.157 e. The Balaban J connectivity index is 1.76. The van der Waals surface area contributed by atoms with Crippen LogP contribution < -0.4 is 0 Å². The van der Waals surface area contributed by atoms with Gasteiger partial charge in [-0.15, -0.1) is 0 Å². The second kappa shape index (κ2) is 5.32. The van der Waals surface area contributed by atoms with Gasteiger partial charge in [0.2, 0.25) is 0 Å². The van der Waals surface area contributed by atoms with Crippen molar-refractivity contribution in [3.8, 4) is 0 Å². The summed E-state index contributed by atoms with van der Waals surface area (Å²) in [5.41, 5.74) is 0. The maximum absolute atomic E-state index is 10.7. The Morgan fingerprint density at radius 1 is 1.12 bits per heavy atom. The van der Waals surface area contributed by atoms with E-state index in [1.54, 1.807) is 23.5 Å². The summed E-state index contributed by atoms with van der Waals surface area (Å²) in [7, 11) is 3.84. The highest BCUT2D eigenvalue weighted by Crippen LogP contribution is 2.63.